The zero-order valence-corrected chi connectivity index (χ0v) is 13.2. The number of aliphatic hydroxyl groups is 1. The summed E-state index contributed by atoms with van der Waals surface area (Å²) in [6, 6.07) is 3.67. The van der Waals surface area contributed by atoms with Crippen molar-refractivity contribution in [2.45, 2.75) is 56.6 Å². The van der Waals surface area contributed by atoms with Crippen LogP contribution in [0.25, 0.3) is 0 Å². The van der Waals surface area contributed by atoms with E-state index in [2.05, 4.69) is 0 Å². The van der Waals surface area contributed by atoms with Crippen molar-refractivity contribution in [1.29, 1.82) is 0 Å². The van der Waals surface area contributed by atoms with Crippen LogP contribution in [0.15, 0.2) is 23.1 Å². The highest BCUT2D eigenvalue weighted by Crippen LogP contribution is 2.30. The van der Waals surface area contributed by atoms with Crippen molar-refractivity contribution < 1.29 is 17.9 Å². The summed E-state index contributed by atoms with van der Waals surface area (Å²) >= 11 is 0. The van der Waals surface area contributed by atoms with Crippen LogP contribution < -0.4 is 0 Å². The van der Waals surface area contributed by atoms with E-state index in [1.165, 1.54) is 29.4 Å². The van der Waals surface area contributed by atoms with Gasteiger partial charge in [-0.2, -0.15) is 4.31 Å². The summed E-state index contributed by atoms with van der Waals surface area (Å²) in [7, 11) is -3.79. The Kier molecular flexibility index (Phi) is 5.01. The second-order valence-electron chi connectivity index (χ2n) is 5.52. The molecule has 1 aromatic carbocycles. The van der Waals surface area contributed by atoms with Gasteiger partial charge in [0, 0.05) is 12.1 Å². The number of hydrogen-bond donors (Lipinski definition) is 1. The maximum Gasteiger partial charge on any atom is 0.243 e. The van der Waals surface area contributed by atoms with Crippen LogP contribution in [0.3, 0.4) is 0 Å². The average molecular weight is 315 g/mol. The van der Waals surface area contributed by atoms with Gasteiger partial charge in [-0.15, -0.1) is 0 Å². The standard InChI is InChI=1S/C15H22FNO3S/c1-3-14(18)13-8-4-5-10-17(13)21(19,20)15-9-6-7-12(16)11(15)2/h6-7,9,13-14,18H,3-5,8,10H2,1-2H3. The molecule has 0 bridgehead atoms. The molecule has 2 rings (SSSR count). The van der Waals surface area contributed by atoms with Crippen molar-refractivity contribution in [3.05, 3.63) is 29.6 Å². The largest absolute Gasteiger partial charge is 0.391 e. The van der Waals surface area contributed by atoms with Crippen LogP contribution in [0.2, 0.25) is 0 Å². The Hall–Kier alpha value is -0.980. The van der Waals surface area contributed by atoms with Crippen molar-refractivity contribution >= 4 is 10.0 Å². The van der Waals surface area contributed by atoms with Crippen LogP contribution in [-0.2, 0) is 10.0 Å². The lowest BCUT2D eigenvalue weighted by atomic mass is 9.98. The predicted octanol–water partition coefficient (Wildman–Crippen LogP) is 2.45. The van der Waals surface area contributed by atoms with Crippen molar-refractivity contribution in [2.75, 3.05) is 6.54 Å². The van der Waals surface area contributed by atoms with Crippen LogP contribution in [0, 0.1) is 12.7 Å². The van der Waals surface area contributed by atoms with Gasteiger partial charge in [0.05, 0.1) is 17.0 Å². The van der Waals surface area contributed by atoms with Crippen LogP contribution >= 0.6 is 0 Å². The summed E-state index contributed by atoms with van der Waals surface area (Å²) in [6.07, 6.45) is 2.12. The van der Waals surface area contributed by atoms with E-state index in [0.29, 0.717) is 19.4 Å². The molecule has 0 spiro atoms. The molecule has 1 aliphatic heterocycles. The molecule has 6 heteroatoms. The molecule has 0 aromatic heterocycles. The quantitative estimate of drug-likeness (QED) is 0.928. The number of hydrogen-bond acceptors (Lipinski definition) is 3. The van der Waals surface area contributed by atoms with Crippen LogP contribution in [0.1, 0.15) is 38.2 Å². The average Bonchev–Trinajstić information content (AvgIpc) is 2.49. The lowest BCUT2D eigenvalue weighted by Gasteiger charge is -2.37. The molecule has 1 fully saturated rings. The first kappa shape index (κ1) is 16.4. The lowest BCUT2D eigenvalue weighted by molar-refractivity contribution is 0.0667. The molecule has 1 aromatic rings. The zero-order valence-electron chi connectivity index (χ0n) is 12.4. The van der Waals surface area contributed by atoms with Gasteiger partial charge in [-0.3, -0.25) is 0 Å². The van der Waals surface area contributed by atoms with Crippen molar-refractivity contribution in [1.82, 2.24) is 4.31 Å². The van der Waals surface area contributed by atoms with Gasteiger partial charge < -0.3 is 5.11 Å². The van der Waals surface area contributed by atoms with Gasteiger partial charge in [0.25, 0.3) is 0 Å². The Morgan fingerprint density at radius 1 is 1.43 bits per heavy atom. The van der Waals surface area contributed by atoms with E-state index in [-0.39, 0.29) is 10.5 Å². The minimum absolute atomic E-state index is 0.00213. The number of sulfonamides is 1. The minimum atomic E-state index is -3.79. The molecular formula is C15H22FNO3S. The number of rotatable bonds is 4. The van der Waals surface area contributed by atoms with E-state index in [1.54, 1.807) is 0 Å². The van der Waals surface area contributed by atoms with E-state index in [4.69, 9.17) is 0 Å². The van der Waals surface area contributed by atoms with E-state index in [9.17, 15) is 17.9 Å². The SMILES string of the molecule is CCC(O)C1CCCCN1S(=O)(=O)c1cccc(F)c1C. The summed E-state index contributed by atoms with van der Waals surface area (Å²) in [5, 5.41) is 10.1. The Balaban J connectivity index is 2.43. The Morgan fingerprint density at radius 3 is 2.81 bits per heavy atom. The van der Waals surface area contributed by atoms with E-state index in [1.807, 2.05) is 6.92 Å². The van der Waals surface area contributed by atoms with Crippen molar-refractivity contribution in [2.24, 2.45) is 0 Å². The highest BCUT2D eigenvalue weighted by atomic mass is 32.2. The predicted molar refractivity (Wildman–Crippen MR) is 79.0 cm³/mol. The van der Waals surface area contributed by atoms with Gasteiger partial charge in [0.2, 0.25) is 10.0 Å². The fraction of sp³-hybridized carbons (Fsp3) is 0.600. The van der Waals surface area contributed by atoms with E-state index >= 15 is 0 Å². The zero-order chi connectivity index (χ0) is 15.6. The first-order valence-corrected chi connectivity index (χ1v) is 8.78. The molecule has 118 valence electrons. The number of piperidine rings is 1. The first-order chi connectivity index (χ1) is 9.89. The molecule has 0 amide bonds. The second kappa shape index (κ2) is 6.42. The number of nitrogens with zero attached hydrogens (tertiary/aromatic N) is 1. The molecule has 4 nitrogen and oxygen atoms in total. The highest BCUT2D eigenvalue weighted by Gasteiger charge is 2.37. The molecule has 1 heterocycles. The fourth-order valence-electron chi connectivity index (χ4n) is 2.88. The monoisotopic (exact) mass is 315 g/mol. The third-order valence-corrected chi connectivity index (χ3v) is 6.23. The van der Waals surface area contributed by atoms with Crippen molar-refractivity contribution in [3.8, 4) is 0 Å². The van der Waals surface area contributed by atoms with E-state index in [0.717, 1.165) is 12.8 Å². The first-order valence-electron chi connectivity index (χ1n) is 7.34. The van der Waals surface area contributed by atoms with Gasteiger partial charge in [0.15, 0.2) is 0 Å². The summed E-state index contributed by atoms with van der Waals surface area (Å²) in [5.41, 5.74) is 0.132. The minimum Gasteiger partial charge on any atom is -0.391 e. The number of benzene rings is 1. The van der Waals surface area contributed by atoms with Crippen LogP contribution in [0.5, 0.6) is 0 Å². The van der Waals surface area contributed by atoms with Crippen LogP contribution in [0.4, 0.5) is 4.39 Å². The third-order valence-electron chi connectivity index (χ3n) is 4.17. The molecule has 2 atom stereocenters. The summed E-state index contributed by atoms with van der Waals surface area (Å²) in [4.78, 5) is -0.00213. The van der Waals surface area contributed by atoms with E-state index < -0.39 is 28.0 Å². The van der Waals surface area contributed by atoms with Crippen molar-refractivity contribution in [3.63, 3.8) is 0 Å². The molecule has 21 heavy (non-hydrogen) atoms. The maximum absolute atomic E-state index is 13.7. The lowest BCUT2D eigenvalue weighted by Crippen LogP contribution is -2.49. The smallest absolute Gasteiger partial charge is 0.243 e. The normalized spacial score (nSPS) is 22.2. The molecule has 0 aliphatic carbocycles. The maximum atomic E-state index is 13.7. The molecule has 1 aliphatic rings. The molecule has 0 saturated carbocycles. The highest BCUT2D eigenvalue weighted by molar-refractivity contribution is 7.89. The van der Waals surface area contributed by atoms with Gasteiger partial charge in [0.1, 0.15) is 5.82 Å². The molecule has 0 radical (unpaired) electrons. The molecule has 1 N–H and O–H groups in total. The van der Waals surface area contributed by atoms with Gasteiger partial charge in [-0.1, -0.05) is 19.4 Å². The molecule has 2 unspecified atom stereocenters. The number of aliphatic hydroxyl groups excluding tert-OH is 1. The van der Waals surface area contributed by atoms with Gasteiger partial charge >= 0.3 is 0 Å². The third kappa shape index (κ3) is 3.12. The van der Waals surface area contributed by atoms with Gasteiger partial charge in [-0.05, 0) is 38.3 Å². The Labute approximate surface area is 125 Å². The molecule has 1 saturated heterocycles. The topological polar surface area (TPSA) is 57.6 Å². The number of halogens is 1. The summed E-state index contributed by atoms with van der Waals surface area (Å²) < 4.78 is 40.7. The summed E-state index contributed by atoms with van der Waals surface area (Å²) in [5.74, 6) is -0.527. The van der Waals surface area contributed by atoms with Gasteiger partial charge in [-0.25, -0.2) is 12.8 Å². The Morgan fingerprint density at radius 2 is 2.14 bits per heavy atom. The second-order valence-corrected chi connectivity index (χ2v) is 7.38. The summed E-state index contributed by atoms with van der Waals surface area (Å²) in [6.45, 7) is 3.68. The fourth-order valence-corrected chi connectivity index (χ4v) is 4.84. The molecular weight excluding hydrogens is 293 g/mol. The van der Waals surface area contributed by atoms with Crippen LogP contribution in [-0.4, -0.2) is 36.5 Å². The Bertz CT molecular complexity index is 603.